The topological polar surface area (TPSA) is 47.1 Å². The van der Waals surface area contributed by atoms with Crippen LogP contribution in [0.2, 0.25) is 0 Å². The third-order valence-electron chi connectivity index (χ3n) is 6.47. The fraction of sp³-hybridized carbons (Fsp3) is 0.636. The van der Waals surface area contributed by atoms with Gasteiger partial charge in [0.15, 0.2) is 0 Å². The van der Waals surface area contributed by atoms with E-state index < -0.39 is 0 Å². The van der Waals surface area contributed by atoms with Crippen molar-refractivity contribution in [3.63, 3.8) is 0 Å². The summed E-state index contributed by atoms with van der Waals surface area (Å²) in [6.07, 6.45) is 3.92. The minimum atomic E-state index is 0.122. The van der Waals surface area contributed by atoms with E-state index in [1.807, 2.05) is 15.9 Å². The number of nitrogens with zero attached hydrogens (tertiary/aromatic N) is 4. The molecule has 6 nitrogen and oxygen atoms in total. The average Bonchev–Trinajstić information content (AvgIpc) is 3.29. The van der Waals surface area contributed by atoms with E-state index in [-0.39, 0.29) is 11.8 Å². The Morgan fingerprint density at radius 1 is 0.786 bits per heavy atom. The van der Waals surface area contributed by atoms with Crippen molar-refractivity contribution in [1.82, 2.24) is 14.7 Å². The highest BCUT2D eigenvalue weighted by Gasteiger charge is 2.31. The molecular weight excluding hydrogens is 352 g/mol. The largest absolute Gasteiger partial charge is 0.369 e. The zero-order valence-electron chi connectivity index (χ0n) is 16.8. The van der Waals surface area contributed by atoms with Gasteiger partial charge in [0.05, 0.1) is 6.54 Å². The molecule has 152 valence electrons. The lowest BCUT2D eigenvalue weighted by molar-refractivity contribution is -0.140. The molecule has 6 heteroatoms. The van der Waals surface area contributed by atoms with Gasteiger partial charge >= 0.3 is 0 Å². The number of benzene rings is 1. The van der Waals surface area contributed by atoms with E-state index in [1.165, 1.54) is 5.69 Å². The molecule has 1 aromatic rings. The third-order valence-corrected chi connectivity index (χ3v) is 6.47. The number of likely N-dealkylation sites (tertiary alicyclic amines) is 2. The molecule has 0 N–H and O–H groups in total. The molecule has 3 aliphatic heterocycles. The van der Waals surface area contributed by atoms with E-state index >= 15 is 0 Å². The van der Waals surface area contributed by atoms with Gasteiger partial charge in [0.2, 0.25) is 11.8 Å². The first-order valence-corrected chi connectivity index (χ1v) is 10.8. The van der Waals surface area contributed by atoms with E-state index in [4.69, 9.17) is 0 Å². The van der Waals surface area contributed by atoms with Crippen LogP contribution >= 0.6 is 0 Å². The molecule has 0 bridgehead atoms. The Hall–Kier alpha value is -2.08. The molecule has 0 radical (unpaired) electrons. The molecule has 0 unspecified atom stereocenters. The van der Waals surface area contributed by atoms with E-state index in [2.05, 4.69) is 34.1 Å². The van der Waals surface area contributed by atoms with E-state index in [1.54, 1.807) is 0 Å². The Bertz CT molecular complexity index is 658. The maximum atomic E-state index is 12.7. The second kappa shape index (κ2) is 8.95. The number of carbonyl (C=O) groups is 2. The van der Waals surface area contributed by atoms with Gasteiger partial charge in [-0.2, -0.15) is 0 Å². The predicted molar refractivity (Wildman–Crippen MR) is 110 cm³/mol. The minimum Gasteiger partial charge on any atom is -0.369 e. The van der Waals surface area contributed by atoms with Gasteiger partial charge in [-0.05, 0) is 37.8 Å². The van der Waals surface area contributed by atoms with Crippen LogP contribution in [0.4, 0.5) is 5.69 Å². The number of hydrogen-bond acceptors (Lipinski definition) is 4. The van der Waals surface area contributed by atoms with Crippen LogP contribution in [0.25, 0.3) is 0 Å². The molecule has 3 saturated heterocycles. The van der Waals surface area contributed by atoms with Crippen LogP contribution < -0.4 is 4.90 Å². The lowest BCUT2D eigenvalue weighted by atomic mass is 9.95. The van der Waals surface area contributed by atoms with Gasteiger partial charge in [-0.3, -0.25) is 14.5 Å². The molecule has 1 aromatic carbocycles. The molecule has 0 aliphatic carbocycles. The fourth-order valence-electron chi connectivity index (χ4n) is 4.67. The number of rotatable bonds is 4. The fourth-order valence-corrected chi connectivity index (χ4v) is 4.67. The maximum absolute atomic E-state index is 12.7. The summed E-state index contributed by atoms with van der Waals surface area (Å²) >= 11 is 0. The second-order valence-electron chi connectivity index (χ2n) is 8.29. The van der Waals surface area contributed by atoms with Gasteiger partial charge in [-0.1, -0.05) is 18.2 Å². The summed E-state index contributed by atoms with van der Waals surface area (Å²) in [5, 5.41) is 0. The molecule has 0 saturated carbocycles. The monoisotopic (exact) mass is 384 g/mol. The first-order chi connectivity index (χ1) is 13.7. The van der Waals surface area contributed by atoms with Crippen molar-refractivity contribution < 1.29 is 9.59 Å². The quantitative estimate of drug-likeness (QED) is 0.792. The lowest BCUT2D eigenvalue weighted by Gasteiger charge is -2.38. The van der Waals surface area contributed by atoms with Crippen LogP contribution in [0.1, 0.15) is 25.7 Å². The predicted octanol–water partition coefficient (Wildman–Crippen LogP) is 1.67. The van der Waals surface area contributed by atoms with Crippen molar-refractivity contribution in [2.75, 3.05) is 63.8 Å². The van der Waals surface area contributed by atoms with Gasteiger partial charge < -0.3 is 14.7 Å². The Labute approximate surface area is 168 Å². The highest BCUT2D eigenvalue weighted by atomic mass is 16.2. The summed E-state index contributed by atoms with van der Waals surface area (Å²) in [5.74, 6) is 0.665. The van der Waals surface area contributed by atoms with E-state index in [0.717, 1.165) is 78.0 Å². The van der Waals surface area contributed by atoms with Gasteiger partial charge in [-0.25, -0.2) is 0 Å². The Balaban J connectivity index is 1.19. The van der Waals surface area contributed by atoms with Crippen molar-refractivity contribution in [2.24, 2.45) is 5.92 Å². The number of carbonyl (C=O) groups excluding carboxylic acids is 2. The minimum absolute atomic E-state index is 0.122. The molecule has 3 heterocycles. The van der Waals surface area contributed by atoms with Crippen LogP contribution in [-0.4, -0.2) is 85.4 Å². The second-order valence-corrected chi connectivity index (χ2v) is 8.29. The number of amides is 2. The molecule has 0 aromatic heterocycles. The molecular formula is C22H32N4O2. The lowest BCUT2D eigenvalue weighted by Crippen LogP contribution is -2.51. The number of piperidine rings is 1. The van der Waals surface area contributed by atoms with Crippen molar-refractivity contribution >= 4 is 17.5 Å². The number of piperazine rings is 1. The average molecular weight is 385 g/mol. The summed E-state index contributed by atoms with van der Waals surface area (Å²) < 4.78 is 0. The van der Waals surface area contributed by atoms with Crippen LogP contribution in [0, 0.1) is 5.92 Å². The molecule has 2 amide bonds. The molecule has 3 fully saturated rings. The molecule has 28 heavy (non-hydrogen) atoms. The normalized spacial score (nSPS) is 21.9. The van der Waals surface area contributed by atoms with E-state index in [9.17, 15) is 9.59 Å². The number of hydrogen-bond donors (Lipinski definition) is 0. The van der Waals surface area contributed by atoms with Crippen molar-refractivity contribution in [3.8, 4) is 0 Å². The van der Waals surface area contributed by atoms with E-state index in [0.29, 0.717) is 12.5 Å². The van der Waals surface area contributed by atoms with Crippen molar-refractivity contribution in [1.29, 1.82) is 0 Å². The van der Waals surface area contributed by atoms with Crippen LogP contribution in [0.5, 0.6) is 0 Å². The molecule has 4 rings (SSSR count). The maximum Gasteiger partial charge on any atom is 0.236 e. The van der Waals surface area contributed by atoms with Gasteiger partial charge in [0.25, 0.3) is 0 Å². The third kappa shape index (κ3) is 4.49. The Morgan fingerprint density at radius 2 is 1.43 bits per heavy atom. The summed E-state index contributed by atoms with van der Waals surface area (Å²) in [4.78, 5) is 33.9. The molecule has 3 aliphatic rings. The standard InChI is InChI=1S/C22H32N4O2/c27-21(18-23-14-16-24(17-15-23)20-6-2-1-3-7-20)25-12-8-19(9-13-25)22(28)26-10-4-5-11-26/h1-3,6-7,19H,4-5,8-18H2. The summed E-state index contributed by atoms with van der Waals surface area (Å²) in [7, 11) is 0. The Kier molecular flexibility index (Phi) is 6.15. The van der Waals surface area contributed by atoms with Crippen LogP contribution in [0.15, 0.2) is 30.3 Å². The SMILES string of the molecule is O=C(CN1CCN(c2ccccc2)CC1)N1CCC(C(=O)N2CCCC2)CC1. The van der Waals surface area contributed by atoms with Crippen molar-refractivity contribution in [2.45, 2.75) is 25.7 Å². The first kappa shape index (κ1) is 19.2. The highest BCUT2D eigenvalue weighted by Crippen LogP contribution is 2.22. The highest BCUT2D eigenvalue weighted by molar-refractivity contribution is 5.81. The first-order valence-electron chi connectivity index (χ1n) is 10.8. The summed E-state index contributed by atoms with van der Waals surface area (Å²) in [6.45, 7) is 7.58. The summed E-state index contributed by atoms with van der Waals surface area (Å²) in [5.41, 5.74) is 1.26. The molecule has 0 spiro atoms. The van der Waals surface area contributed by atoms with Gasteiger partial charge in [0.1, 0.15) is 0 Å². The van der Waals surface area contributed by atoms with Crippen molar-refractivity contribution in [3.05, 3.63) is 30.3 Å². The Morgan fingerprint density at radius 3 is 2.07 bits per heavy atom. The van der Waals surface area contributed by atoms with Gasteiger partial charge in [0, 0.05) is 64.0 Å². The zero-order chi connectivity index (χ0) is 19.3. The van der Waals surface area contributed by atoms with Crippen LogP contribution in [-0.2, 0) is 9.59 Å². The number of anilines is 1. The van der Waals surface area contributed by atoms with Gasteiger partial charge in [-0.15, -0.1) is 0 Å². The van der Waals surface area contributed by atoms with Crippen LogP contribution in [0.3, 0.4) is 0 Å². The number of para-hydroxylation sites is 1. The zero-order valence-corrected chi connectivity index (χ0v) is 16.8. The smallest absolute Gasteiger partial charge is 0.236 e. The molecule has 0 atom stereocenters. The summed E-state index contributed by atoms with van der Waals surface area (Å²) in [6, 6.07) is 10.5.